The first kappa shape index (κ1) is 33.1. The Morgan fingerprint density at radius 2 is 1.50 bits per heavy atom. The van der Waals surface area contributed by atoms with E-state index in [9.17, 15) is 18.0 Å². The van der Waals surface area contributed by atoms with E-state index in [1.54, 1.807) is 12.1 Å². The number of carbonyl (C=O) groups is 2. The molecular formula is C34H35Cl2N3O4S. The van der Waals surface area contributed by atoms with Crippen molar-refractivity contribution in [2.24, 2.45) is 0 Å². The van der Waals surface area contributed by atoms with Crippen LogP contribution in [0.4, 0.5) is 5.69 Å². The maximum absolute atomic E-state index is 14.4. The summed E-state index contributed by atoms with van der Waals surface area (Å²) in [5.41, 5.74) is 3.69. The molecule has 2 amide bonds. The summed E-state index contributed by atoms with van der Waals surface area (Å²) >= 11 is 12.5. The highest BCUT2D eigenvalue weighted by molar-refractivity contribution is 7.92. The van der Waals surface area contributed by atoms with Crippen molar-refractivity contribution in [2.75, 3.05) is 17.4 Å². The third-order valence-corrected chi connectivity index (χ3v) is 9.83. The smallest absolute Gasteiger partial charge is 0.264 e. The van der Waals surface area contributed by atoms with Crippen molar-refractivity contribution < 1.29 is 18.0 Å². The van der Waals surface area contributed by atoms with E-state index in [-0.39, 0.29) is 39.5 Å². The van der Waals surface area contributed by atoms with Crippen LogP contribution in [0.1, 0.15) is 29.2 Å². The lowest BCUT2D eigenvalue weighted by Crippen LogP contribution is -2.53. The minimum absolute atomic E-state index is 0.0111. The van der Waals surface area contributed by atoms with Crippen molar-refractivity contribution in [3.05, 3.63) is 129 Å². The highest BCUT2D eigenvalue weighted by Crippen LogP contribution is 2.31. The molecule has 0 fully saturated rings. The van der Waals surface area contributed by atoms with Gasteiger partial charge in [-0.05, 0) is 67.8 Å². The summed E-state index contributed by atoms with van der Waals surface area (Å²) < 4.78 is 29.2. The van der Waals surface area contributed by atoms with Gasteiger partial charge < -0.3 is 10.2 Å². The van der Waals surface area contributed by atoms with Crippen molar-refractivity contribution in [3.63, 3.8) is 0 Å². The number of hydrogen-bond acceptors (Lipinski definition) is 4. The Morgan fingerprint density at radius 1 is 0.841 bits per heavy atom. The van der Waals surface area contributed by atoms with Gasteiger partial charge in [0.2, 0.25) is 11.8 Å². The van der Waals surface area contributed by atoms with Crippen LogP contribution >= 0.6 is 23.2 Å². The molecule has 0 radical (unpaired) electrons. The van der Waals surface area contributed by atoms with Gasteiger partial charge in [-0.15, -0.1) is 0 Å². The molecule has 0 aliphatic carbocycles. The Kier molecular flexibility index (Phi) is 11.1. The van der Waals surface area contributed by atoms with Crippen molar-refractivity contribution in [1.82, 2.24) is 10.2 Å². The van der Waals surface area contributed by atoms with Gasteiger partial charge in [0.25, 0.3) is 10.0 Å². The molecule has 0 heterocycles. The van der Waals surface area contributed by atoms with Gasteiger partial charge in [-0.1, -0.05) is 95.5 Å². The number of sulfonamides is 1. The number of nitrogens with zero attached hydrogens (tertiary/aromatic N) is 2. The van der Waals surface area contributed by atoms with Gasteiger partial charge in [0, 0.05) is 19.5 Å². The normalized spacial score (nSPS) is 11.9. The minimum Gasteiger partial charge on any atom is -0.355 e. The summed E-state index contributed by atoms with van der Waals surface area (Å²) in [5.74, 6) is -0.886. The lowest BCUT2D eigenvalue weighted by molar-refractivity contribution is -0.140. The minimum atomic E-state index is -4.24. The van der Waals surface area contributed by atoms with Gasteiger partial charge >= 0.3 is 0 Å². The fraction of sp³-hybridized carbons (Fsp3) is 0.235. The molecule has 4 rings (SSSR count). The molecule has 4 aromatic carbocycles. The van der Waals surface area contributed by atoms with E-state index in [0.717, 1.165) is 26.6 Å². The molecule has 0 saturated heterocycles. The summed E-state index contributed by atoms with van der Waals surface area (Å²) in [6, 6.07) is 26.9. The lowest BCUT2D eigenvalue weighted by atomic mass is 10.0. The quantitative estimate of drug-likeness (QED) is 0.187. The number of amides is 2. The Labute approximate surface area is 269 Å². The highest BCUT2D eigenvalue weighted by atomic mass is 35.5. The SMILES string of the molecule is CCNC(=O)[C@H](Cc1ccccc1)N(Cc1ccccc1C)C(=O)CN(c1ccc(Cl)c(Cl)c1)S(=O)(=O)c1ccc(C)cc1. The van der Waals surface area contributed by atoms with E-state index in [2.05, 4.69) is 5.32 Å². The molecule has 0 aromatic heterocycles. The van der Waals surface area contributed by atoms with E-state index in [1.165, 1.54) is 35.2 Å². The van der Waals surface area contributed by atoms with Gasteiger partial charge in [-0.25, -0.2) is 8.42 Å². The van der Waals surface area contributed by atoms with Crippen LogP contribution in [-0.2, 0) is 32.6 Å². The zero-order valence-corrected chi connectivity index (χ0v) is 27.2. The first-order valence-corrected chi connectivity index (χ1v) is 16.4. The van der Waals surface area contributed by atoms with E-state index < -0.39 is 28.5 Å². The number of rotatable bonds is 12. The van der Waals surface area contributed by atoms with Gasteiger partial charge in [0.15, 0.2) is 0 Å². The number of carbonyl (C=O) groups excluding carboxylic acids is 2. The monoisotopic (exact) mass is 651 g/mol. The van der Waals surface area contributed by atoms with Gasteiger partial charge in [-0.3, -0.25) is 13.9 Å². The number of halogens is 2. The largest absolute Gasteiger partial charge is 0.355 e. The zero-order valence-electron chi connectivity index (χ0n) is 24.8. The molecule has 0 unspecified atom stereocenters. The van der Waals surface area contributed by atoms with Gasteiger partial charge in [0.1, 0.15) is 12.6 Å². The molecule has 44 heavy (non-hydrogen) atoms. The van der Waals surface area contributed by atoms with Crippen molar-refractivity contribution in [3.8, 4) is 0 Å². The predicted molar refractivity (Wildman–Crippen MR) is 177 cm³/mol. The topological polar surface area (TPSA) is 86.8 Å². The van der Waals surface area contributed by atoms with Gasteiger partial charge in [-0.2, -0.15) is 0 Å². The second-order valence-corrected chi connectivity index (χ2v) is 13.1. The molecule has 0 saturated carbocycles. The molecule has 230 valence electrons. The van der Waals surface area contributed by atoms with Crippen LogP contribution in [0.3, 0.4) is 0 Å². The predicted octanol–water partition coefficient (Wildman–Crippen LogP) is 6.58. The summed E-state index contributed by atoms with van der Waals surface area (Å²) in [6.07, 6.45) is 0.238. The maximum atomic E-state index is 14.4. The Morgan fingerprint density at radius 3 is 2.14 bits per heavy atom. The highest BCUT2D eigenvalue weighted by Gasteiger charge is 2.34. The molecule has 0 aliphatic heterocycles. The number of benzene rings is 4. The first-order chi connectivity index (χ1) is 21.0. The number of aryl methyl sites for hydroxylation is 2. The van der Waals surface area contributed by atoms with Crippen LogP contribution < -0.4 is 9.62 Å². The fourth-order valence-corrected chi connectivity index (χ4v) is 6.52. The molecule has 4 aromatic rings. The number of likely N-dealkylation sites (N-methyl/N-ethyl adjacent to an activating group) is 1. The second-order valence-electron chi connectivity index (χ2n) is 10.5. The Hall–Kier alpha value is -3.85. The zero-order chi connectivity index (χ0) is 31.9. The first-order valence-electron chi connectivity index (χ1n) is 14.2. The molecule has 7 nitrogen and oxygen atoms in total. The third-order valence-electron chi connectivity index (χ3n) is 7.30. The van der Waals surface area contributed by atoms with Crippen LogP contribution in [0, 0.1) is 13.8 Å². The molecule has 1 N–H and O–H groups in total. The second kappa shape index (κ2) is 14.8. The number of anilines is 1. The molecule has 0 bridgehead atoms. The van der Waals surface area contributed by atoms with Crippen LogP contribution in [0.15, 0.2) is 102 Å². The fourth-order valence-electron chi connectivity index (χ4n) is 4.82. The summed E-state index contributed by atoms with van der Waals surface area (Å²) in [5, 5.41) is 3.25. The van der Waals surface area contributed by atoms with E-state index in [1.807, 2.05) is 75.4 Å². The Balaban J connectivity index is 1.82. The summed E-state index contributed by atoms with van der Waals surface area (Å²) in [7, 11) is -4.24. The van der Waals surface area contributed by atoms with Crippen LogP contribution in [0.5, 0.6) is 0 Å². The summed E-state index contributed by atoms with van der Waals surface area (Å²) in [6.45, 7) is 5.48. The molecular weight excluding hydrogens is 617 g/mol. The van der Waals surface area contributed by atoms with Crippen molar-refractivity contribution in [2.45, 2.75) is 44.7 Å². The van der Waals surface area contributed by atoms with Crippen molar-refractivity contribution in [1.29, 1.82) is 0 Å². The van der Waals surface area contributed by atoms with Crippen LogP contribution in [0.25, 0.3) is 0 Å². The van der Waals surface area contributed by atoms with E-state index >= 15 is 0 Å². The average molecular weight is 653 g/mol. The van der Waals surface area contributed by atoms with E-state index in [4.69, 9.17) is 23.2 Å². The lowest BCUT2D eigenvalue weighted by Gasteiger charge is -2.34. The summed E-state index contributed by atoms with van der Waals surface area (Å²) in [4.78, 5) is 29.5. The third kappa shape index (κ3) is 8.00. The number of hydrogen-bond donors (Lipinski definition) is 1. The van der Waals surface area contributed by atoms with E-state index in [0.29, 0.717) is 6.54 Å². The average Bonchev–Trinajstić information content (AvgIpc) is 3.00. The molecule has 10 heteroatoms. The Bertz CT molecular complexity index is 1710. The standard InChI is InChI=1S/C34H35Cl2N3O4S/c1-4-37-34(41)32(20-26-11-6-5-7-12-26)38(22-27-13-9-8-10-25(27)3)33(40)23-39(28-16-19-30(35)31(36)21-28)44(42,43)29-17-14-24(2)15-18-29/h5-19,21,32H,4,20,22-23H2,1-3H3,(H,37,41)/t32-/m0/s1. The van der Waals surface area contributed by atoms with Gasteiger partial charge in [0.05, 0.1) is 20.6 Å². The molecule has 0 aliphatic rings. The van der Waals surface area contributed by atoms with Crippen LogP contribution in [-0.4, -0.2) is 44.3 Å². The molecule has 1 atom stereocenters. The maximum Gasteiger partial charge on any atom is 0.264 e. The van der Waals surface area contributed by atoms with Crippen molar-refractivity contribution >= 4 is 50.7 Å². The van der Waals surface area contributed by atoms with Crippen LogP contribution in [0.2, 0.25) is 10.0 Å². The number of nitrogens with one attached hydrogen (secondary N) is 1. The molecule has 0 spiro atoms.